The van der Waals surface area contributed by atoms with Crippen LogP contribution in [-0.2, 0) is 3.42 Å². The van der Waals surface area contributed by atoms with Gasteiger partial charge >= 0.3 is 0 Å². The van der Waals surface area contributed by atoms with Crippen molar-refractivity contribution in [2.24, 2.45) is 0 Å². The number of rotatable bonds is 2. The van der Waals surface area contributed by atoms with Crippen LogP contribution in [0.1, 0.15) is 24.5 Å². The first-order valence-corrected chi connectivity index (χ1v) is 11.8. The molecule has 5 aromatic rings. The molecule has 2 heterocycles. The molecule has 0 aliphatic carbocycles. The molecular weight excluding hydrogens is 509 g/mol. The molecule has 4 heteroatoms. The summed E-state index contributed by atoms with van der Waals surface area (Å²) >= 11 is 2.61. The molecule has 1 aliphatic rings. The molecule has 0 bridgehead atoms. The molecule has 0 unspecified atom stereocenters. The Bertz CT molecular complexity index is 1520. The number of para-hydroxylation sites is 3. The molecular formula is C28H20INO2. The normalized spacial score (nSPS) is 14.4. The van der Waals surface area contributed by atoms with Gasteiger partial charge in [-0.2, -0.15) is 0 Å². The van der Waals surface area contributed by atoms with Crippen molar-refractivity contribution in [3.05, 3.63) is 112 Å². The number of fused-ring (bicyclic) bond motifs is 4. The smallest absolute Gasteiger partial charge is 0.200 e. The van der Waals surface area contributed by atoms with Gasteiger partial charge in [0.15, 0.2) is 0 Å². The lowest BCUT2D eigenvalue weighted by molar-refractivity contribution is 0.660. The molecule has 32 heavy (non-hydrogen) atoms. The van der Waals surface area contributed by atoms with Crippen LogP contribution in [0, 0.1) is 0 Å². The van der Waals surface area contributed by atoms with E-state index < -0.39 is 0 Å². The summed E-state index contributed by atoms with van der Waals surface area (Å²) < 4.78 is 6.07. The molecule has 3 nitrogen and oxygen atoms in total. The Morgan fingerprint density at radius 3 is 2.06 bits per heavy atom. The Labute approximate surface area is 199 Å². The van der Waals surface area contributed by atoms with Crippen LogP contribution in [0.2, 0.25) is 0 Å². The highest BCUT2D eigenvalue weighted by Crippen LogP contribution is 2.56. The van der Waals surface area contributed by atoms with Crippen LogP contribution in [0.15, 0.2) is 100 Å². The molecule has 0 N–H and O–H groups in total. The summed E-state index contributed by atoms with van der Waals surface area (Å²) in [7, 11) is 0. The Balaban J connectivity index is 1.64. The summed E-state index contributed by atoms with van der Waals surface area (Å²) in [4.78, 5) is 15.3. The number of nitrogens with zero attached hydrogens (tertiary/aromatic N) is 1. The standard InChI is InChI=1S/C28H20INO2/c1-2-28(29)21-10-4-6-12-23(21)30(24-13-7-5-11-22(24)28)18-15-16-20-26(17-18)32-25-14-8-3-9-19(25)27(20)31/h3-17H,2H2,1H3. The molecule has 0 fully saturated rings. The van der Waals surface area contributed by atoms with Crippen LogP contribution >= 0.6 is 22.6 Å². The lowest BCUT2D eigenvalue weighted by Gasteiger charge is -2.42. The Hall–Kier alpha value is -3.12. The lowest BCUT2D eigenvalue weighted by atomic mass is 9.83. The average molecular weight is 529 g/mol. The summed E-state index contributed by atoms with van der Waals surface area (Å²) in [5.74, 6) is 0. The molecule has 6 rings (SSSR count). The van der Waals surface area contributed by atoms with Crippen LogP contribution in [0.5, 0.6) is 0 Å². The van der Waals surface area contributed by atoms with Gasteiger partial charge in [0.25, 0.3) is 0 Å². The quantitative estimate of drug-likeness (QED) is 0.133. The fourth-order valence-electron chi connectivity index (χ4n) is 4.87. The van der Waals surface area contributed by atoms with Crippen molar-refractivity contribution in [1.82, 2.24) is 0 Å². The van der Waals surface area contributed by atoms with Gasteiger partial charge in [0.2, 0.25) is 5.43 Å². The summed E-state index contributed by atoms with van der Waals surface area (Å²) in [6, 6.07) is 30.5. The molecule has 156 valence electrons. The van der Waals surface area contributed by atoms with Gasteiger partial charge in [0, 0.05) is 11.8 Å². The van der Waals surface area contributed by atoms with E-state index in [1.54, 1.807) is 0 Å². The Morgan fingerprint density at radius 2 is 1.38 bits per heavy atom. The second kappa shape index (κ2) is 7.20. The molecule has 0 saturated heterocycles. The molecule has 0 atom stereocenters. The highest BCUT2D eigenvalue weighted by molar-refractivity contribution is 14.1. The third-order valence-electron chi connectivity index (χ3n) is 6.45. The van der Waals surface area contributed by atoms with E-state index in [9.17, 15) is 4.79 Å². The molecule has 4 aromatic carbocycles. The Kier molecular flexibility index (Phi) is 4.40. The maximum Gasteiger partial charge on any atom is 0.200 e. The minimum Gasteiger partial charge on any atom is -0.456 e. The van der Waals surface area contributed by atoms with Crippen molar-refractivity contribution >= 4 is 61.6 Å². The van der Waals surface area contributed by atoms with E-state index >= 15 is 0 Å². The van der Waals surface area contributed by atoms with E-state index in [2.05, 4.69) is 82.9 Å². The van der Waals surface area contributed by atoms with Gasteiger partial charge < -0.3 is 9.32 Å². The van der Waals surface area contributed by atoms with Crippen LogP contribution in [0.4, 0.5) is 17.1 Å². The first kappa shape index (κ1) is 19.6. The zero-order valence-electron chi connectivity index (χ0n) is 17.5. The summed E-state index contributed by atoms with van der Waals surface area (Å²) in [6.45, 7) is 2.24. The van der Waals surface area contributed by atoms with Crippen LogP contribution in [0.25, 0.3) is 21.9 Å². The second-order valence-corrected chi connectivity index (χ2v) is 9.97. The second-order valence-electron chi connectivity index (χ2n) is 8.13. The highest BCUT2D eigenvalue weighted by atomic mass is 127. The third kappa shape index (κ3) is 2.69. The Morgan fingerprint density at radius 1 is 0.781 bits per heavy atom. The average Bonchev–Trinajstić information content (AvgIpc) is 2.84. The number of anilines is 3. The largest absolute Gasteiger partial charge is 0.456 e. The third-order valence-corrected chi connectivity index (χ3v) is 8.38. The predicted molar refractivity (Wildman–Crippen MR) is 140 cm³/mol. The first-order valence-electron chi connectivity index (χ1n) is 10.8. The van der Waals surface area contributed by atoms with Crippen LogP contribution in [-0.4, -0.2) is 0 Å². The maximum atomic E-state index is 13.0. The molecule has 0 saturated carbocycles. The fourth-order valence-corrected chi connectivity index (χ4v) is 5.78. The lowest BCUT2D eigenvalue weighted by Crippen LogP contribution is -2.30. The highest BCUT2D eigenvalue weighted by Gasteiger charge is 2.40. The zero-order valence-corrected chi connectivity index (χ0v) is 19.7. The predicted octanol–water partition coefficient (Wildman–Crippen LogP) is 7.82. The number of hydrogen-bond acceptors (Lipinski definition) is 3. The van der Waals surface area contributed by atoms with Crippen molar-refractivity contribution in [2.75, 3.05) is 4.90 Å². The van der Waals surface area contributed by atoms with E-state index in [1.165, 1.54) is 11.1 Å². The van der Waals surface area contributed by atoms with Gasteiger partial charge in [-0.1, -0.05) is 78.0 Å². The van der Waals surface area contributed by atoms with Gasteiger partial charge in [0.05, 0.1) is 25.6 Å². The SMILES string of the molecule is CCC1(I)c2ccccc2N(c2ccc3c(=O)c4ccccc4oc3c2)c2ccccc21. The van der Waals surface area contributed by atoms with E-state index in [0.29, 0.717) is 21.9 Å². The number of benzene rings is 4. The van der Waals surface area contributed by atoms with E-state index in [-0.39, 0.29) is 8.85 Å². The van der Waals surface area contributed by atoms with E-state index in [4.69, 9.17) is 4.42 Å². The number of alkyl halides is 1. The molecule has 1 aromatic heterocycles. The van der Waals surface area contributed by atoms with Gasteiger partial charge in [-0.05, 0) is 53.9 Å². The summed E-state index contributed by atoms with van der Waals surface area (Å²) in [6.07, 6.45) is 0.994. The van der Waals surface area contributed by atoms with E-state index in [1.807, 2.05) is 42.5 Å². The maximum absolute atomic E-state index is 13.0. The topological polar surface area (TPSA) is 33.5 Å². The number of halogens is 1. The molecule has 0 radical (unpaired) electrons. The van der Waals surface area contributed by atoms with Gasteiger partial charge in [-0.15, -0.1) is 0 Å². The first-order chi connectivity index (χ1) is 15.6. The van der Waals surface area contributed by atoms with Crippen molar-refractivity contribution in [1.29, 1.82) is 0 Å². The summed E-state index contributed by atoms with van der Waals surface area (Å²) in [5, 5.41) is 1.21. The zero-order chi connectivity index (χ0) is 21.9. The minimum atomic E-state index is -0.0962. The van der Waals surface area contributed by atoms with Gasteiger partial charge in [-0.3, -0.25) is 4.79 Å². The molecule has 1 aliphatic heterocycles. The minimum absolute atomic E-state index is 0.00473. The fraction of sp³-hybridized carbons (Fsp3) is 0.107. The van der Waals surface area contributed by atoms with Crippen LogP contribution in [0.3, 0.4) is 0 Å². The molecule has 0 amide bonds. The van der Waals surface area contributed by atoms with Crippen molar-refractivity contribution in [2.45, 2.75) is 16.8 Å². The molecule has 0 spiro atoms. The summed E-state index contributed by atoms with van der Waals surface area (Å²) in [5.41, 5.74) is 7.09. The van der Waals surface area contributed by atoms with Crippen LogP contribution < -0.4 is 10.3 Å². The van der Waals surface area contributed by atoms with Gasteiger partial charge in [0.1, 0.15) is 11.2 Å². The number of hydrogen-bond donors (Lipinski definition) is 0. The van der Waals surface area contributed by atoms with E-state index in [0.717, 1.165) is 23.5 Å². The van der Waals surface area contributed by atoms with Crippen molar-refractivity contribution in [3.63, 3.8) is 0 Å². The van der Waals surface area contributed by atoms with Gasteiger partial charge in [-0.25, -0.2) is 0 Å². The van der Waals surface area contributed by atoms with Crippen molar-refractivity contribution < 1.29 is 4.42 Å². The monoisotopic (exact) mass is 529 g/mol. The van der Waals surface area contributed by atoms with Crippen molar-refractivity contribution in [3.8, 4) is 0 Å².